The lowest BCUT2D eigenvalue weighted by molar-refractivity contribution is -0.137. The highest BCUT2D eigenvalue weighted by molar-refractivity contribution is 5.95. The van der Waals surface area contributed by atoms with Crippen LogP contribution in [0.1, 0.15) is 37.7 Å². The van der Waals surface area contributed by atoms with Crippen molar-refractivity contribution in [2.45, 2.75) is 50.4 Å². The molecule has 1 aromatic rings. The van der Waals surface area contributed by atoms with Gasteiger partial charge in [-0.3, -0.25) is 9.59 Å². The van der Waals surface area contributed by atoms with Gasteiger partial charge in [0.2, 0.25) is 5.91 Å². The summed E-state index contributed by atoms with van der Waals surface area (Å²) >= 11 is 0. The molecule has 1 saturated heterocycles. The SMILES string of the molecule is O=C(Nc1cc(C(F)(F)F)c[nH]c1=O)C1CC2CCCCC2N1. The highest BCUT2D eigenvalue weighted by Gasteiger charge is 2.38. The van der Waals surface area contributed by atoms with E-state index in [4.69, 9.17) is 0 Å². The number of amides is 1. The minimum Gasteiger partial charge on any atom is -0.327 e. The fraction of sp³-hybridized carbons (Fsp3) is 0.600. The van der Waals surface area contributed by atoms with Crippen LogP contribution in [0.25, 0.3) is 0 Å². The molecule has 8 heteroatoms. The van der Waals surface area contributed by atoms with Crippen molar-refractivity contribution in [2.24, 2.45) is 5.92 Å². The van der Waals surface area contributed by atoms with E-state index in [1.165, 1.54) is 0 Å². The van der Waals surface area contributed by atoms with Crippen LogP contribution < -0.4 is 16.2 Å². The van der Waals surface area contributed by atoms with Gasteiger partial charge in [-0.2, -0.15) is 13.2 Å². The summed E-state index contributed by atoms with van der Waals surface area (Å²) in [7, 11) is 0. The van der Waals surface area contributed by atoms with Gasteiger partial charge in [0.25, 0.3) is 5.56 Å². The minimum absolute atomic E-state index is 0.291. The van der Waals surface area contributed by atoms with Crippen molar-refractivity contribution >= 4 is 11.6 Å². The van der Waals surface area contributed by atoms with E-state index >= 15 is 0 Å². The van der Waals surface area contributed by atoms with Crippen molar-refractivity contribution in [2.75, 3.05) is 5.32 Å². The first kappa shape index (κ1) is 16.0. The Morgan fingerprint density at radius 3 is 2.70 bits per heavy atom. The normalized spacial score (nSPS) is 27.5. The van der Waals surface area contributed by atoms with Crippen LogP contribution in [-0.2, 0) is 11.0 Å². The number of halogens is 3. The molecule has 3 N–H and O–H groups in total. The summed E-state index contributed by atoms with van der Waals surface area (Å²) in [5, 5.41) is 5.56. The van der Waals surface area contributed by atoms with Gasteiger partial charge in [0.05, 0.1) is 11.6 Å². The predicted molar refractivity (Wildman–Crippen MR) is 78.0 cm³/mol. The number of carbonyl (C=O) groups excluding carboxylic acids is 1. The summed E-state index contributed by atoms with van der Waals surface area (Å²) in [6.45, 7) is 0. The molecule has 0 bridgehead atoms. The number of aromatic nitrogens is 1. The Labute approximate surface area is 130 Å². The number of fused-ring (bicyclic) bond motifs is 1. The van der Waals surface area contributed by atoms with Gasteiger partial charge >= 0.3 is 6.18 Å². The molecular formula is C15H18F3N3O2. The van der Waals surface area contributed by atoms with Crippen molar-refractivity contribution < 1.29 is 18.0 Å². The predicted octanol–water partition coefficient (Wildman–Crippen LogP) is 2.25. The van der Waals surface area contributed by atoms with E-state index in [1.54, 1.807) is 0 Å². The molecule has 1 amide bonds. The number of carbonyl (C=O) groups is 1. The first-order valence-electron chi connectivity index (χ1n) is 7.71. The summed E-state index contributed by atoms with van der Waals surface area (Å²) in [5.74, 6) is -0.0245. The maximum Gasteiger partial charge on any atom is 0.417 e. The van der Waals surface area contributed by atoms with Crippen molar-refractivity contribution in [3.63, 3.8) is 0 Å². The molecule has 1 aliphatic heterocycles. The van der Waals surface area contributed by atoms with Gasteiger partial charge in [-0.25, -0.2) is 0 Å². The summed E-state index contributed by atoms with van der Waals surface area (Å²) in [6, 6.07) is 0.495. The molecule has 1 saturated carbocycles. The van der Waals surface area contributed by atoms with Crippen LogP contribution >= 0.6 is 0 Å². The van der Waals surface area contributed by atoms with Crippen LogP contribution in [0.3, 0.4) is 0 Å². The van der Waals surface area contributed by atoms with E-state index in [9.17, 15) is 22.8 Å². The van der Waals surface area contributed by atoms with Crippen LogP contribution in [-0.4, -0.2) is 23.0 Å². The minimum atomic E-state index is -4.58. The van der Waals surface area contributed by atoms with Gasteiger partial charge < -0.3 is 15.6 Å². The van der Waals surface area contributed by atoms with E-state index in [2.05, 4.69) is 10.6 Å². The molecule has 126 valence electrons. The quantitative estimate of drug-likeness (QED) is 0.779. The molecule has 3 atom stereocenters. The monoisotopic (exact) mass is 329 g/mol. The van der Waals surface area contributed by atoms with Gasteiger partial charge in [0.15, 0.2) is 0 Å². The number of aromatic amines is 1. The van der Waals surface area contributed by atoms with Gasteiger partial charge in [-0.15, -0.1) is 0 Å². The van der Waals surface area contributed by atoms with Crippen molar-refractivity contribution in [3.05, 3.63) is 28.2 Å². The second kappa shape index (κ2) is 5.99. The first-order valence-corrected chi connectivity index (χ1v) is 7.71. The molecule has 2 fully saturated rings. The highest BCUT2D eigenvalue weighted by atomic mass is 19.4. The summed E-state index contributed by atoms with van der Waals surface area (Å²) in [6.07, 6.45) is 1.02. The number of hydrogen-bond acceptors (Lipinski definition) is 3. The fourth-order valence-corrected chi connectivity index (χ4v) is 3.48. The van der Waals surface area contributed by atoms with E-state index in [-0.39, 0.29) is 5.69 Å². The standard InChI is InChI=1S/C15H18F3N3O2/c16-15(17,18)9-6-12(13(22)19-7-9)21-14(23)11-5-8-3-1-2-4-10(8)20-11/h6-8,10-11,20H,1-5H2,(H,19,22)(H,21,23). The van der Waals surface area contributed by atoms with Crippen molar-refractivity contribution in [1.82, 2.24) is 10.3 Å². The molecule has 0 aromatic carbocycles. The van der Waals surface area contributed by atoms with Crippen LogP contribution in [0, 0.1) is 5.92 Å². The zero-order valence-corrected chi connectivity index (χ0v) is 12.4. The van der Waals surface area contributed by atoms with Crippen molar-refractivity contribution in [1.29, 1.82) is 0 Å². The lowest BCUT2D eigenvalue weighted by atomic mass is 9.85. The Bertz CT molecular complexity index is 642. The Morgan fingerprint density at radius 1 is 1.26 bits per heavy atom. The average molecular weight is 329 g/mol. The third-order valence-corrected chi connectivity index (χ3v) is 4.67. The summed E-state index contributed by atoms with van der Waals surface area (Å²) in [5.41, 5.74) is -2.12. The molecule has 0 spiro atoms. The maximum atomic E-state index is 12.7. The van der Waals surface area contributed by atoms with Gasteiger partial charge in [0.1, 0.15) is 5.69 Å². The summed E-state index contributed by atoms with van der Waals surface area (Å²) < 4.78 is 38.1. The Hall–Kier alpha value is -1.83. The number of hydrogen-bond donors (Lipinski definition) is 3. The third-order valence-electron chi connectivity index (χ3n) is 4.67. The van der Waals surface area contributed by atoms with E-state index in [1.807, 2.05) is 4.98 Å². The molecule has 0 radical (unpaired) electrons. The molecule has 23 heavy (non-hydrogen) atoms. The molecule has 1 aromatic heterocycles. The molecule has 1 aliphatic carbocycles. The topological polar surface area (TPSA) is 74.0 Å². The first-order chi connectivity index (χ1) is 10.8. The number of H-pyrrole nitrogens is 1. The largest absolute Gasteiger partial charge is 0.417 e. The number of alkyl halides is 3. The molecule has 3 rings (SSSR count). The van der Waals surface area contributed by atoms with Gasteiger partial charge in [-0.1, -0.05) is 12.8 Å². The molecule has 2 heterocycles. The lowest BCUT2D eigenvalue weighted by Gasteiger charge is -2.24. The average Bonchev–Trinajstić information content (AvgIpc) is 2.92. The Kier molecular flexibility index (Phi) is 4.18. The maximum absolute atomic E-state index is 12.7. The third kappa shape index (κ3) is 3.41. The number of anilines is 1. The molecular weight excluding hydrogens is 311 g/mol. The van der Waals surface area contributed by atoms with Gasteiger partial charge in [0, 0.05) is 12.2 Å². The van der Waals surface area contributed by atoms with E-state index in [0.29, 0.717) is 30.6 Å². The van der Waals surface area contributed by atoms with Crippen molar-refractivity contribution in [3.8, 4) is 0 Å². The van der Waals surface area contributed by atoms with Crippen LogP contribution in [0.2, 0.25) is 0 Å². The Balaban J connectivity index is 1.72. The van der Waals surface area contributed by atoms with Crippen LogP contribution in [0.15, 0.2) is 17.1 Å². The zero-order valence-electron chi connectivity index (χ0n) is 12.4. The van der Waals surface area contributed by atoms with E-state index in [0.717, 1.165) is 25.7 Å². The number of rotatable bonds is 2. The van der Waals surface area contributed by atoms with E-state index < -0.39 is 29.2 Å². The fourth-order valence-electron chi connectivity index (χ4n) is 3.48. The molecule has 5 nitrogen and oxygen atoms in total. The van der Waals surface area contributed by atoms with Crippen LogP contribution in [0.5, 0.6) is 0 Å². The van der Waals surface area contributed by atoms with Crippen LogP contribution in [0.4, 0.5) is 18.9 Å². The smallest absolute Gasteiger partial charge is 0.327 e. The summed E-state index contributed by atoms with van der Waals surface area (Å²) in [4.78, 5) is 25.9. The van der Waals surface area contributed by atoms with Gasteiger partial charge in [-0.05, 0) is 31.2 Å². The highest BCUT2D eigenvalue weighted by Crippen LogP contribution is 2.33. The second-order valence-corrected chi connectivity index (χ2v) is 6.22. The number of pyridine rings is 1. The molecule has 3 unspecified atom stereocenters. The lowest BCUT2D eigenvalue weighted by Crippen LogP contribution is -2.40. The Morgan fingerprint density at radius 2 is 2.00 bits per heavy atom. The zero-order chi connectivity index (χ0) is 16.6. The second-order valence-electron chi connectivity index (χ2n) is 6.22. The number of nitrogens with one attached hydrogen (secondary N) is 3. The molecule has 2 aliphatic rings.